The Balaban J connectivity index is 1.91. The Bertz CT molecular complexity index is 559. The van der Waals surface area contributed by atoms with Gasteiger partial charge in [0.05, 0.1) is 5.52 Å². The van der Waals surface area contributed by atoms with E-state index in [1.807, 2.05) is 0 Å². The van der Waals surface area contributed by atoms with Gasteiger partial charge in [-0.3, -0.25) is 0 Å². The zero-order valence-corrected chi connectivity index (χ0v) is 12.2. The van der Waals surface area contributed by atoms with Crippen LogP contribution in [0.5, 0.6) is 0 Å². The predicted molar refractivity (Wildman–Crippen MR) is 80.1 cm³/mol. The summed E-state index contributed by atoms with van der Waals surface area (Å²) in [5.74, 6) is 1.98. The van der Waals surface area contributed by atoms with Crippen LogP contribution in [0.3, 0.4) is 0 Å². The van der Waals surface area contributed by atoms with Gasteiger partial charge in [-0.05, 0) is 49.1 Å². The lowest BCUT2D eigenvalue weighted by molar-refractivity contribution is 0.437. The maximum absolute atomic E-state index is 4.77. The van der Waals surface area contributed by atoms with Gasteiger partial charge in [-0.1, -0.05) is 22.9 Å². The minimum atomic E-state index is 0.859. The summed E-state index contributed by atoms with van der Waals surface area (Å²) in [5.41, 5.74) is 1.08. The van der Waals surface area contributed by atoms with Gasteiger partial charge in [0.15, 0.2) is 0 Å². The molecule has 0 aliphatic carbocycles. The summed E-state index contributed by atoms with van der Waals surface area (Å²) < 4.78 is 1.11. The van der Waals surface area contributed by atoms with E-state index in [4.69, 9.17) is 4.98 Å². The fraction of sp³-hybridized carbons (Fsp3) is 0.400. The lowest BCUT2D eigenvalue weighted by Crippen LogP contribution is -2.33. The monoisotopic (exact) mass is 304 g/mol. The fourth-order valence-electron chi connectivity index (χ4n) is 2.50. The Kier molecular flexibility index (Phi) is 3.25. The number of fused-ring (bicyclic) bond motifs is 1. The van der Waals surface area contributed by atoms with E-state index in [1.54, 1.807) is 0 Å². The first-order valence-electron chi connectivity index (χ1n) is 6.53. The van der Waals surface area contributed by atoms with E-state index >= 15 is 0 Å². The van der Waals surface area contributed by atoms with Crippen LogP contribution >= 0.6 is 15.9 Å². The van der Waals surface area contributed by atoms with E-state index in [1.165, 1.54) is 18.2 Å². The van der Waals surface area contributed by atoms with Gasteiger partial charge < -0.3 is 4.90 Å². The van der Waals surface area contributed by atoms with E-state index in [-0.39, 0.29) is 0 Å². The van der Waals surface area contributed by atoms with Crippen molar-refractivity contribution in [2.24, 2.45) is 5.92 Å². The first kappa shape index (κ1) is 12.0. The van der Waals surface area contributed by atoms with Crippen LogP contribution in [0.2, 0.25) is 0 Å². The van der Waals surface area contributed by atoms with Crippen molar-refractivity contribution in [3.05, 3.63) is 34.8 Å². The SMILES string of the molecule is CC1CCN(c2ccc3cc(Br)ccc3n2)CC1. The van der Waals surface area contributed by atoms with Crippen LogP contribution in [0.25, 0.3) is 10.9 Å². The lowest BCUT2D eigenvalue weighted by Gasteiger charge is -2.31. The maximum atomic E-state index is 4.77. The summed E-state index contributed by atoms with van der Waals surface area (Å²) in [6, 6.07) is 10.6. The molecule has 2 heterocycles. The number of rotatable bonds is 1. The highest BCUT2D eigenvalue weighted by Gasteiger charge is 2.16. The molecular formula is C15H17BrN2. The average molecular weight is 305 g/mol. The zero-order chi connectivity index (χ0) is 12.5. The number of anilines is 1. The van der Waals surface area contributed by atoms with Crippen molar-refractivity contribution in [2.45, 2.75) is 19.8 Å². The molecule has 3 heteroatoms. The van der Waals surface area contributed by atoms with E-state index < -0.39 is 0 Å². The molecule has 1 saturated heterocycles. The Morgan fingerprint density at radius 1 is 1.17 bits per heavy atom. The quantitative estimate of drug-likeness (QED) is 0.783. The van der Waals surface area contributed by atoms with Crippen LogP contribution in [0.15, 0.2) is 34.8 Å². The van der Waals surface area contributed by atoms with E-state index in [0.29, 0.717) is 0 Å². The maximum Gasteiger partial charge on any atom is 0.129 e. The molecule has 1 aromatic heterocycles. The predicted octanol–water partition coefficient (Wildman–Crippen LogP) is 4.23. The van der Waals surface area contributed by atoms with Crippen molar-refractivity contribution in [3.63, 3.8) is 0 Å². The second-order valence-electron chi connectivity index (χ2n) is 5.18. The number of aromatic nitrogens is 1. The van der Waals surface area contributed by atoms with Gasteiger partial charge in [-0.25, -0.2) is 4.98 Å². The van der Waals surface area contributed by atoms with Crippen molar-refractivity contribution >= 4 is 32.7 Å². The van der Waals surface area contributed by atoms with Gasteiger partial charge >= 0.3 is 0 Å². The molecule has 0 N–H and O–H groups in total. The van der Waals surface area contributed by atoms with Crippen molar-refractivity contribution in [2.75, 3.05) is 18.0 Å². The molecule has 1 aromatic carbocycles. The third kappa shape index (κ3) is 2.37. The summed E-state index contributed by atoms with van der Waals surface area (Å²) in [5, 5.41) is 1.19. The Hall–Kier alpha value is -1.09. The van der Waals surface area contributed by atoms with E-state index in [0.717, 1.165) is 34.8 Å². The van der Waals surface area contributed by atoms with Crippen LogP contribution in [-0.4, -0.2) is 18.1 Å². The Labute approximate surface area is 116 Å². The van der Waals surface area contributed by atoms with Crippen LogP contribution in [0, 0.1) is 5.92 Å². The molecule has 0 atom stereocenters. The standard InChI is InChI=1S/C15H17BrN2/c1-11-6-8-18(9-7-11)15-5-2-12-10-13(16)3-4-14(12)17-15/h2-5,10-11H,6-9H2,1H3. The minimum Gasteiger partial charge on any atom is -0.357 e. The second kappa shape index (κ2) is 4.88. The highest BCUT2D eigenvalue weighted by Crippen LogP contribution is 2.25. The van der Waals surface area contributed by atoms with Crippen molar-refractivity contribution in [1.29, 1.82) is 0 Å². The van der Waals surface area contributed by atoms with Crippen LogP contribution in [0.4, 0.5) is 5.82 Å². The number of halogens is 1. The molecule has 0 amide bonds. The number of pyridine rings is 1. The largest absolute Gasteiger partial charge is 0.357 e. The molecule has 0 spiro atoms. The van der Waals surface area contributed by atoms with Gasteiger partial charge in [0, 0.05) is 22.9 Å². The van der Waals surface area contributed by atoms with Gasteiger partial charge in [-0.2, -0.15) is 0 Å². The van der Waals surface area contributed by atoms with Crippen molar-refractivity contribution in [3.8, 4) is 0 Å². The summed E-state index contributed by atoms with van der Waals surface area (Å²) in [4.78, 5) is 7.17. The average Bonchev–Trinajstić information content (AvgIpc) is 2.39. The molecule has 94 valence electrons. The smallest absolute Gasteiger partial charge is 0.129 e. The first-order chi connectivity index (χ1) is 8.72. The number of nitrogens with zero attached hydrogens (tertiary/aromatic N) is 2. The molecule has 1 aliphatic rings. The molecule has 2 aromatic rings. The molecule has 0 saturated carbocycles. The number of benzene rings is 1. The molecule has 0 radical (unpaired) electrons. The lowest BCUT2D eigenvalue weighted by atomic mass is 9.99. The molecule has 1 aliphatic heterocycles. The van der Waals surface area contributed by atoms with Gasteiger partial charge in [-0.15, -0.1) is 0 Å². The highest BCUT2D eigenvalue weighted by molar-refractivity contribution is 9.10. The van der Waals surface area contributed by atoms with Crippen molar-refractivity contribution in [1.82, 2.24) is 4.98 Å². The molecular weight excluding hydrogens is 288 g/mol. The van der Waals surface area contributed by atoms with Gasteiger partial charge in [0.2, 0.25) is 0 Å². The van der Waals surface area contributed by atoms with Gasteiger partial charge in [0.25, 0.3) is 0 Å². The van der Waals surface area contributed by atoms with E-state index in [2.05, 4.69) is 58.1 Å². The summed E-state index contributed by atoms with van der Waals surface area (Å²) in [6.45, 7) is 4.61. The third-order valence-corrected chi connectivity index (χ3v) is 4.24. The van der Waals surface area contributed by atoms with Gasteiger partial charge in [0.1, 0.15) is 5.82 Å². The van der Waals surface area contributed by atoms with E-state index in [9.17, 15) is 0 Å². The second-order valence-corrected chi connectivity index (χ2v) is 6.09. The molecule has 18 heavy (non-hydrogen) atoms. The zero-order valence-electron chi connectivity index (χ0n) is 10.6. The topological polar surface area (TPSA) is 16.1 Å². The Morgan fingerprint density at radius 2 is 1.94 bits per heavy atom. The summed E-state index contributed by atoms with van der Waals surface area (Å²) in [6.07, 6.45) is 2.56. The number of piperidine rings is 1. The van der Waals surface area contributed by atoms with Crippen LogP contribution in [-0.2, 0) is 0 Å². The molecule has 1 fully saturated rings. The molecule has 0 unspecified atom stereocenters. The Morgan fingerprint density at radius 3 is 2.72 bits per heavy atom. The minimum absolute atomic E-state index is 0.859. The third-order valence-electron chi connectivity index (χ3n) is 3.74. The fourth-order valence-corrected chi connectivity index (χ4v) is 2.88. The number of hydrogen-bond acceptors (Lipinski definition) is 2. The van der Waals surface area contributed by atoms with Crippen LogP contribution < -0.4 is 4.90 Å². The summed E-state index contributed by atoms with van der Waals surface area (Å²) >= 11 is 3.50. The first-order valence-corrected chi connectivity index (χ1v) is 7.33. The molecule has 3 rings (SSSR count). The molecule has 0 bridgehead atoms. The normalized spacial score (nSPS) is 17.3. The summed E-state index contributed by atoms with van der Waals surface area (Å²) in [7, 11) is 0. The molecule has 2 nitrogen and oxygen atoms in total. The van der Waals surface area contributed by atoms with Crippen molar-refractivity contribution < 1.29 is 0 Å². The highest BCUT2D eigenvalue weighted by atomic mass is 79.9. The van der Waals surface area contributed by atoms with Crippen LogP contribution in [0.1, 0.15) is 19.8 Å². The number of hydrogen-bond donors (Lipinski definition) is 0.